The average molecular weight is 267 g/mol. The highest BCUT2D eigenvalue weighted by Crippen LogP contribution is 2.36. The van der Waals surface area contributed by atoms with E-state index in [0.29, 0.717) is 0 Å². The molecule has 0 spiro atoms. The topological polar surface area (TPSA) is 29.9 Å². The Balaban J connectivity index is 1.80. The molecule has 0 saturated carbocycles. The Morgan fingerprint density at radius 2 is 2.10 bits per heavy atom. The number of hydrogen-bond acceptors (Lipinski definition) is 2. The van der Waals surface area contributed by atoms with Crippen LogP contribution in [0.1, 0.15) is 30.5 Å². The number of nitrogens with one attached hydrogen (secondary N) is 1. The van der Waals surface area contributed by atoms with Crippen molar-refractivity contribution in [2.75, 3.05) is 13.1 Å². The zero-order valence-electron chi connectivity index (χ0n) is 12.0. The van der Waals surface area contributed by atoms with Crippen LogP contribution in [0.4, 0.5) is 0 Å². The van der Waals surface area contributed by atoms with E-state index in [-0.39, 0.29) is 0 Å². The van der Waals surface area contributed by atoms with Crippen molar-refractivity contribution in [3.63, 3.8) is 0 Å². The van der Waals surface area contributed by atoms with Crippen LogP contribution in [0, 0.1) is 5.92 Å². The summed E-state index contributed by atoms with van der Waals surface area (Å²) in [6.07, 6.45) is 11.4. The molecule has 1 N–H and O–H groups in total. The van der Waals surface area contributed by atoms with Gasteiger partial charge in [-0.3, -0.25) is 4.98 Å². The van der Waals surface area contributed by atoms with Gasteiger partial charge in [0, 0.05) is 30.5 Å². The maximum atomic E-state index is 4.30. The van der Waals surface area contributed by atoms with Gasteiger partial charge in [0.25, 0.3) is 0 Å². The lowest BCUT2D eigenvalue weighted by Crippen LogP contribution is -2.29. The lowest BCUT2D eigenvalue weighted by molar-refractivity contribution is 0.412. The van der Waals surface area contributed by atoms with E-state index >= 15 is 0 Å². The Labute approximate surface area is 119 Å². The molecule has 0 atom stereocenters. The Morgan fingerprint density at radius 3 is 2.95 bits per heavy atom. The van der Waals surface area contributed by atoms with Crippen LogP contribution < -0.4 is 5.32 Å². The summed E-state index contributed by atoms with van der Waals surface area (Å²) in [6.45, 7) is 2.35. The molecule has 3 nitrogen and oxygen atoms in total. The molecule has 3 heterocycles. The predicted octanol–water partition coefficient (Wildman–Crippen LogP) is 2.90. The molecule has 1 aliphatic carbocycles. The monoisotopic (exact) mass is 267 g/mol. The van der Waals surface area contributed by atoms with Gasteiger partial charge in [0.2, 0.25) is 0 Å². The molecule has 0 bridgehead atoms. The van der Waals surface area contributed by atoms with Gasteiger partial charge in [-0.2, -0.15) is 0 Å². The maximum absolute atomic E-state index is 4.30. The second-order valence-electron chi connectivity index (χ2n) is 6.06. The van der Waals surface area contributed by atoms with Gasteiger partial charge < -0.3 is 9.88 Å². The van der Waals surface area contributed by atoms with Crippen molar-refractivity contribution in [3.8, 4) is 0 Å². The first-order valence-electron chi connectivity index (χ1n) is 7.67. The number of allylic oxidation sites excluding steroid dienone is 1. The molecule has 0 radical (unpaired) electrons. The van der Waals surface area contributed by atoms with Gasteiger partial charge in [-0.15, -0.1) is 0 Å². The van der Waals surface area contributed by atoms with E-state index in [4.69, 9.17) is 0 Å². The number of rotatable bonds is 1. The summed E-state index contributed by atoms with van der Waals surface area (Å²) < 4.78 is 2.34. The van der Waals surface area contributed by atoms with E-state index in [0.717, 1.165) is 5.92 Å². The molecule has 3 heteroatoms. The minimum atomic E-state index is 0.792. The summed E-state index contributed by atoms with van der Waals surface area (Å²) in [5.74, 6) is 0.792. The van der Waals surface area contributed by atoms with Crippen molar-refractivity contribution in [1.29, 1.82) is 0 Å². The summed E-state index contributed by atoms with van der Waals surface area (Å²) in [6, 6.07) is 2.13. The van der Waals surface area contributed by atoms with Gasteiger partial charge in [0.15, 0.2) is 0 Å². The van der Waals surface area contributed by atoms with Crippen LogP contribution in [0.3, 0.4) is 0 Å². The minimum absolute atomic E-state index is 0.792. The number of hydrogen-bond donors (Lipinski definition) is 1. The third-order valence-electron chi connectivity index (χ3n) is 5.00. The van der Waals surface area contributed by atoms with E-state index in [1.54, 1.807) is 5.57 Å². The largest absolute Gasteiger partial charge is 0.344 e. The number of fused-ring (bicyclic) bond motifs is 3. The fraction of sp³-hybridized carbons (Fsp3) is 0.471. The Hall–Kier alpha value is -1.61. The van der Waals surface area contributed by atoms with Crippen molar-refractivity contribution in [3.05, 3.63) is 35.3 Å². The van der Waals surface area contributed by atoms with Crippen LogP contribution in [-0.4, -0.2) is 22.6 Å². The normalized spacial score (nSPS) is 19.9. The van der Waals surface area contributed by atoms with E-state index < -0.39 is 0 Å². The number of pyridine rings is 1. The van der Waals surface area contributed by atoms with Gasteiger partial charge in [0.05, 0.1) is 5.52 Å². The van der Waals surface area contributed by atoms with Crippen LogP contribution in [0.25, 0.3) is 17.0 Å². The molecular weight excluding hydrogens is 246 g/mol. The molecule has 4 rings (SSSR count). The summed E-state index contributed by atoms with van der Waals surface area (Å²) >= 11 is 0. The third-order valence-corrected chi connectivity index (χ3v) is 5.00. The molecule has 1 fully saturated rings. The van der Waals surface area contributed by atoms with Gasteiger partial charge in [-0.1, -0.05) is 5.57 Å². The third kappa shape index (κ3) is 1.80. The molecule has 2 aromatic rings. The molecule has 0 amide bonds. The number of nitrogens with zero attached hydrogens (tertiary/aromatic N) is 2. The highest BCUT2D eigenvalue weighted by molar-refractivity contribution is 5.88. The van der Waals surface area contributed by atoms with Gasteiger partial charge in [-0.25, -0.2) is 0 Å². The second-order valence-corrected chi connectivity index (χ2v) is 6.06. The SMILES string of the molecule is Cn1c2c(c3cnccc31)CCC(C1CCNCC1)=C2. The zero-order valence-corrected chi connectivity index (χ0v) is 12.0. The Kier molecular flexibility index (Phi) is 2.88. The first-order chi connectivity index (χ1) is 9.84. The van der Waals surface area contributed by atoms with Crippen molar-refractivity contribution >= 4 is 17.0 Å². The minimum Gasteiger partial charge on any atom is -0.344 e. The highest BCUT2D eigenvalue weighted by Gasteiger charge is 2.23. The van der Waals surface area contributed by atoms with Crippen molar-refractivity contribution < 1.29 is 0 Å². The predicted molar refractivity (Wildman–Crippen MR) is 82.6 cm³/mol. The molecule has 104 valence electrons. The number of aryl methyl sites for hydroxylation is 2. The van der Waals surface area contributed by atoms with Crippen LogP contribution in [0.5, 0.6) is 0 Å². The van der Waals surface area contributed by atoms with Crippen molar-refractivity contribution in [2.45, 2.75) is 25.7 Å². The molecule has 1 aliphatic heterocycles. The van der Waals surface area contributed by atoms with Crippen molar-refractivity contribution in [2.24, 2.45) is 13.0 Å². The summed E-state index contributed by atoms with van der Waals surface area (Å²) in [4.78, 5) is 4.30. The lowest BCUT2D eigenvalue weighted by Gasteiger charge is -2.27. The average Bonchev–Trinajstić information content (AvgIpc) is 2.81. The fourth-order valence-electron chi connectivity index (χ4n) is 3.86. The van der Waals surface area contributed by atoms with E-state index in [1.165, 1.54) is 60.9 Å². The molecular formula is C17H21N3. The first kappa shape index (κ1) is 12.2. The van der Waals surface area contributed by atoms with E-state index in [9.17, 15) is 0 Å². The lowest BCUT2D eigenvalue weighted by atomic mass is 9.83. The highest BCUT2D eigenvalue weighted by atomic mass is 15.0. The quantitative estimate of drug-likeness (QED) is 0.861. The van der Waals surface area contributed by atoms with Gasteiger partial charge >= 0.3 is 0 Å². The zero-order chi connectivity index (χ0) is 13.5. The smallest absolute Gasteiger partial charge is 0.0516 e. The summed E-state index contributed by atoms with van der Waals surface area (Å²) in [7, 11) is 2.18. The molecule has 2 aliphatic rings. The van der Waals surface area contributed by atoms with Gasteiger partial charge in [-0.05, 0) is 62.4 Å². The molecule has 20 heavy (non-hydrogen) atoms. The van der Waals surface area contributed by atoms with Crippen molar-refractivity contribution in [1.82, 2.24) is 14.9 Å². The first-order valence-corrected chi connectivity index (χ1v) is 7.67. The summed E-state index contributed by atoms with van der Waals surface area (Å²) in [5.41, 5.74) is 5.88. The number of piperidine rings is 1. The second kappa shape index (κ2) is 4.74. The maximum Gasteiger partial charge on any atom is 0.0516 e. The molecule has 2 aromatic heterocycles. The fourth-order valence-corrected chi connectivity index (χ4v) is 3.86. The molecule has 0 unspecified atom stereocenters. The van der Waals surface area contributed by atoms with Crippen LogP contribution in [-0.2, 0) is 13.5 Å². The van der Waals surface area contributed by atoms with E-state index in [1.807, 2.05) is 12.4 Å². The Morgan fingerprint density at radius 1 is 1.25 bits per heavy atom. The molecule has 1 saturated heterocycles. The Bertz CT molecular complexity index is 675. The standard InChI is InChI=1S/C17H21N3/c1-20-16-6-9-19-11-15(16)14-3-2-13(10-17(14)20)12-4-7-18-8-5-12/h6,9-12,18H,2-5,7-8H2,1H3. The van der Waals surface area contributed by atoms with Crippen LogP contribution in [0.2, 0.25) is 0 Å². The summed E-state index contributed by atoms with van der Waals surface area (Å²) in [5, 5.41) is 4.80. The van der Waals surface area contributed by atoms with Crippen LogP contribution >= 0.6 is 0 Å². The van der Waals surface area contributed by atoms with Gasteiger partial charge in [0.1, 0.15) is 0 Å². The van der Waals surface area contributed by atoms with E-state index in [2.05, 4.69) is 34.1 Å². The van der Waals surface area contributed by atoms with Crippen LogP contribution in [0.15, 0.2) is 24.0 Å². The molecule has 0 aromatic carbocycles. The number of aromatic nitrogens is 2.